The largest absolute Gasteiger partial charge is 0.313 e. The lowest BCUT2D eigenvalue weighted by Crippen LogP contribution is -2.35. The van der Waals surface area contributed by atoms with Crippen molar-refractivity contribution in [3.8, 4) is 0 Å². The van der Waals surface area contributed by atoms with Crippen LogP contribution in [0.25, 0.3) is 0 Å². The number of sulfonamides is 1. The van der Waals surface area contributed by atoms with E-state index in [-0.39, 0.29) is 0 Å². The third-order valence-corrected chi connectivity index (χ3v) is 5.64. The summed E-state index contributed by atoms with van der Waals surface area (Å²) in [6, 6.07) is 7.94. The van der Waals surface area contributed by atoms with E-state index in [4.69, 9.17) is 0 Å². The molecule has 0 heterocycles. The minimum Gasteiger partial charge on any atom is -0.313 e. The summed E-state index contributed by atoms with van der Waals surface area (Å²) in [7, 11) is -3.32. The molecule has 1 aromatic rings. The summed E-state index contributed by atoms with van der Waals surface area (Å²) in [5.41, 5.74) is 0.621. The zero-order valence-corrected chi connectivity index (χ0v) is 12.9. The molecule has 1 aromatic carbocycles. The van der Waals surface area contributed by atoms with Crippen molar-refractivity contribution in [3.05, 3.63) is 24.3 Å². The van der Waals surface area contributed by atoms with Crippen LogP contribution < -0.4 is 10.0 Å². The van der Waals surface area contributed by atoms with E-state index >= 15 is 0 Å². The van der Waals surface area contributed by atoms with E-state index in [9.17, 15) is 8.42 Å². The summed E-state index contributed by atoms with van der Waals surface area (Å²) in [4.78, 5) is 1.12. The van der Waals surface area contributed by atoms with Gasteiger partial charge in [-0.05, 0) is 50.3 Å². The molecule has 1 saturated carbocycles. The van der Waals surface area contributed by atoms with Crippen molar-refractivity contribution in [3.63, 3.8) is 0 Å². The first-order chi connectivity index (χ1) is 9.01. The lowest BCUT2D eigenvalue weighted by molar-refractivity contribution is 0.576. The first-order valence-electron chi connectivity index (χ1n) is 6.40. The van der Waals surface area contributed by atoms with Crippen LogP contribution in [-0.4, -0.2) is 32.5 Å². The van der Waals surface area contributed by atoms with E-state index < -0.39 is 15.3 Å². The number of thioether (sulfide) groups is 1. The molecular formula is C13H20N2O2S2. The minimum absolute atomic E-state index is 0.437. The highest BCUT2D eigenvalue weighted by Crippen LogP contribution is 2.20. The fraction of sp³-hybridized carbons (Fsp3) is 0.538. The summed E-state index contributed by atoms with van der Waals surface area (Å²) < 4.78 is 26.9. The lowest BCUT2D eigenvalue weighted by atomic mass is 10.3. The third-order valence-electron chi connectivity index (χ3n) is 3.15. The van der Waals surface area contributed by atoms with Crippen molar-refractivity contribution >= 4 is 27.5 Å². The van der Waals surface area contributed by atoms with Crippen molar-refractivity contribution in [1.82, 2.24) is 5.32 Å². The predicted octanol–water partition coefficient (Wildman–Crippen LogP) is 2.29. The summed E-state index contributed by atoms with van der Waals surface area (Å²) in [5, 5.41) is 2.81. The number of benzene rings is 1. The van der Waals surface area contributed by atoms with Gasteiger partial charge in [0.15, 0.2) is 0 Å². The zero-order chi connectivity index (χ0) is 13.9. The molecule has 1 atom stereocenters. The van der Waals surface area contributed by atoms with E-state index in [1.165, 1.54) is 0 Å². The van der Waals surface area contributed by atoms with E-state index in [0.29, 0.717) is 18.3 Å². The van der Waals surface area contributed by atoms with Crippen LogP contribution in [0.3, 0.4) is 0 Å². The minimum atomic E-state index is -3.32. The second kappa shape index (κ2) is 6.15. The normalized spacial score (nSPS) is 17.2. The van der Waals surface area contributed by atoms with Crippen LogP contribution in [0.1, 0.15) is 19.8 Å². The van der Waals surface area contributed by atoms with Crippen LogP contribution in [0.4, 0.5) is 5.69 Å². The van der Waals surface area contributed by atoms with E-state index in [1.54, 1.807) is 30.8 Å². The van der Waals surface area contributed by atoms with Gasteiger partial charge in [0.25, 0.3) is 0 Å². The van der Waals surface area contributed by atoms with Crippen molar-refractivity contribution in [2.75, 3.05) is 17.5 Å². The molecule has 0 radical (unpaired) electrons. The molecule has 19 heavy (non-hydrogen) atoms. The number of nitrogens with one attached hydrogen (secondary N) is 2. The van der Waals surface area contributed by atoms with Gasteiger partial charge in [0.2, 0.25) is 10.0 Å². The van der Waals surface area contributed by atoms with Gasteiger partial charge in [-0.2, -0.15) is 0 Å². The highest BCUT2D eigenvalue weighted by Gasteiger charge is 2.25. The standard InChI is InChI=1S/C13H20N2O2S2/c1-10(9-14-11-3-4-11)19(16,17)15-12-5-7-13(18-2)8-6-12/h5-8,10-11,14-15H,3-4,9H2,1-2H3. The van der Waals surface area contributed by atoms with E-state index in [1.807, 2.05) is 18.4 Å². The Morgan fingerprint density at radius 2 is 1.95 bits per heavy atom. The summed E-state index contributed by atoms with van der Waals surface area (Å²) in [5.74, 6) is 0. The van der Waals surface area contributed by atoms with Gasteiger partial charge >= 0.3 is 0 Å². The predicted molar refractivity (Wildman–Crippen MR) is 81.3 cm³/mol. The maximum atomic E-state index is 12.1. The van der Waals surface area contributed by atoms with Crippen molar-refractivity contribution in [2.24, 2.45) is 0 Å². The van der Waals surface area contributed by atoms with Gasteiger partial charge in [0.05, 0.1) is 5.25 Å². The molecule has 106 valence electrons. The molecule has 1 aliphatic rings. The van der Waals surface area contributed by atoms with Gasteiger partial charge in [-0.3, -0.25) is 4.72 Å². The second-order valence-electron chi connectivity index (χ2n) is 4.87. The van der Waals surface area contributed by atoms with Crippen molar-refractivity contribution in [2.45, 2.75) is 36.0 Å². The topological polar surface area (TPSA) is 58.2 Å². The van der Waals surface area contributed by atoms with Crippen LogP contribution in [0.2, 0.25) is 0 Å². The molecule has 0 bridgehead atoms. The Morgan fingerprint density at radius 3 is 2.47 bits per heavy atom. The number of hydrogen-bond acceptors (Lipinski definition) is 4. The van der Waals surface area contributed by atoms with Crippen LogP contribution in [0.15, 0.2) is 29.2 Å². The van der Waals surface area contributed by atoms with Crippen molar-refractivity contribution in [1.29, 1.82) is 0 Å². The lowest BCUT2D eigenvalue weighted by Gasteiger charge is -2.15. The molecule has 0 saturated heterocycles. The molecule has 1 unspecified atom stereocenters. The Kier molecular flexibility index (Phi) is 4.76. The maximum absolute atomic E-state index is 12.1. The molecule has 0 aliphatic heterocycles. The third kappa shape index (κ3) is 4.40. The number of rotatable bonds is 7. The van der Waals surface area contributed by atoms with Crippen LogP contribution in [0.5, 0.6) is 0 Å². The fourth-order valence-electron chi connectivity index (χ4n) is 1.65. The molecular weight excluding hydrogens is 280 g/mol. The SMILES string of the molecule is CSc1ccc(NS(=O)(=O)C(C)CNC2CC2)cc1. The first kappa shape index (κ1) is 14.7. The molecule has 1 fully saturated rings. The molecule has 2 N–H and O–H groups in total. The Labute approximate surface area is 119 Å². The molecule has 2 rings (SSSR count). The van der Waals surface area contributed by atoms with E-state index in [0.717, 1.165) is 17.7 Å². The average Bonchev–Trinajstić information content (AvgIpc) is 3.20. The molecule has 0 spiro atoms. The van der Waals surface area contributed by atoms with E-state index in [2.05, 4.69) is 10.0 Å². The number of anilines is 1. The maximum Gasteiger partial charge on any atom is 0.236 e. The highest BCUT2D eigenvalue weighted by molar-refractivity contribution is 7.98. The van der Waals surface area contributed by atoms with Crippen LogP contribution in [-0.2, 0) is 10.0 Å². The molecule has 6 heteroatoms. The molecule has 1 aliphatic carbocycles. The second-order valence-corrected chi connectivity index (χ2v) is 7.85. The zero-order valence-electron chi connectivity index (χ0n) is 11.2. The quantitative estimate of drug-likeness (QED) is 0.759. The summed E-state index contributed by atoms with van der Waals surface area (Å²) in [6.07, 6.45) is 4.32. The average molecular weight is 300 g/mol. The molecule has 0 amide bonds. The van der Waals surface area contributed by atoms with Gasteiger partial charge < -0.3 is 5.32 Å². The molecule has 0 aromatic heterocycles. The Morgan fingerprint density at radius 1 is 1.32 bits per heavy atom. The Hall–Kier alpha value is -0.720. The van der Waals surface area contributed by atoms with Crippen molar-refractivity contribution < 1.29 is 8.42 Å². The molecule has 4 nitrogen and oxygen atoms in total. The summed E-state index contributed by atoms with van der Waals surface area (Å²) >= 11 is 1.63. The number of hydrogen-bond donors (Lipinski definition) is 2. The Balaban J connectivity index is 1.93. The van der Waals surface area contributed by atoms with Crippen LogP contribution >= 0.6 is 11.8 Å². The highest BCUT2D eigenvalue weighted by atomic mass is 32.2. The van der Waals surface area contributed by atoms with Gasteiger partial charge in [-0.1, -0.05) is 0 Å². The van der Waals surface area contributed by atoms with Gasteiger partial charge in [-0.25, -0.2) is 8.42 Å². The first-order valence-corrected chi connectivity index (χ1v) is 9.17. The fourth-order valence-corrected chi connectivity index (χ4v) is 3.04. The van der Waals surface area contributed by atoms with Gasteiger partial charge in [0.1, 0.15) is 0 Å². The van der Waals surface area contributed by atoms with Crippen LogP contribution in [0, 0.1) is 0 Å². The monoisotopic (exact) mass is 300 g/mol. The smallest absolute Gasteiger partial charge is 0.236 e. The Bertz CT molecular complexity index is 510. The van der Waals surface area contributed by atoms with Gasteiger partial charge in [-0.15, -0.1) is 11.8 Å². The summed E-state index contributed by atoms with van der Waals surface area (Å²) in [6.45, 7) is 2.23. The van der Waals surface area contributed by atoms with Gasteiger partial charge in [0, 0.05) is 23.2 Å².